The number of hydrogen-bond acceptors (Lipinski definition) is 7. The molecule has 0 aliphatic rings. The molecule has 0 aliphatic carbocycles. The lowest BCUT2D eigenvalue weighted by atomic mass is 10.2. The van der Waals surface area contributed by atoms with Gasteiger partial charge in [-0.15, -0.1) is 0 Å². The van der Waals surface area contributed by atoms with Gasteiger partial charge in [-0.2, -0.15) is 0 Å². The molecule has 3 atom stereocenters. The average molecular weight is 408 g/mol. The third-order valence-electron chi connectivity index (χ3n) is 3.32. The maximum Gasteiger partial charge on any atom is 0.322 e. The molecular weight excluding hydrogens is 384 g/mol. The van der Waals surface area contributed by atoms with Gasteiger partial charge in [-0.05, 0) is 13.8 Å². The van der Waals surface area contributed by atoms with Crippen LogP contribution in [0.5, 0.6) is 0 Å². The highest BCUT2D eigenvalue weighted by Crippen LogP contribution is 2.01. The van der Waals surface area contributed by atoms with Crippen LogP contribution in [0.1, 0.15) is 20.3 Å². The Morgan fingerprint density at radius 1 is 1.11 bits per heavy atom. The first-order valence-electron chi connectivity index (χ1n) is 7.97. The van der Waals surface area contributed by atoms with Crippen molar-refractivity contribution in [2.75, 3.05) is 25.4 Å². The van der Waals surface area contributed by atoms with Gasteiger partial charge in [0.25, 0.3) is 0 Å². The van der Waals surface area contributed by atoms with Crippen molar-refractivity contribution in [3.05, 3.63) is 0 Å². The summed E-state index contributed by atoms with van der Waals surface area (Å²) in [7, 11) is -2.18. The van der Waals surface area contributed by atoms with Gasteiger partial charge in [0.15, 0.2) is 0 Å². The first kappa shape index (κ1) is 24.5. The smallest absolute Gasteiger partial charge is 0.322 e. The fraction of sp³-hybridized carbons (Fsp3) is 0.643. The highest BCUT2D eigenvalue weighted by molar-refractivity contribution is 8.00. The average Bonchev–Trinajstić information content (AvgIpc) is 2.59. The number of carboxylic acids is 2. The van der Waals surface area contributed by atoms with E-state index in [4.69, 9.17) is 15.9 Å². The van der Waals surface area contributed by atoms with Gasteiger partial charge in [0.1, 0.15) is 29.4 Å². The molecule has 27 heavy (non-hydrogen) atoms. The Balaban J connectivity index is 5.17. The van der Waals surface area contributed by atoms with Gasteiger partial charge in [-0.1, -0.05) is 0 Å². The Labute approximate surface area is 157 Å². The number of carboxylic acid groups (broad SMARTS) is 2. The summed E-state index contributed by atoms with van der Waals surface area (Å²) in [5, 5.41) is 20.7. The Hall–Kier alpha value is -2.54. The molecule has 6 N–H and O–H groups in total. The number of nitrogens with one attached hydrogen (secondary N) is 2. The Morgan fingerprint density at radius 3 is 2.11 bits per heavy atom. The Morgan fingerprint density at radius 2 is 1.67 bits per heavy atom. The second-order valence-corrected chi connectivity index (χ2v) is 6.70. The molecule has 0 rings (SSSR count). The molecule has 0 aliphatic heterocycles. The van der Waals surface area contributed by atoms with E-state index < -0.39 is 70.6 Å². The van der Waals surface area contributed by atoms with Gasteiger partial charge in [0.05, 0.1) is 12.2 Å². The van der Waals surface area contributed by atoms with Gasteiger partial charge >= 0.3 is 17.2 Å². The van der Waals surface area contributed by atoms with E-state index in [1.807, 2.05) is 5.32 Å². The van der Waals surface area contributed by atoms with E-state index in [9.17, 15) is 28.2 Å². The maximum atomic E-state index is 12.2. The lowest BCUT2D eigenvalue weighted by molar-refractivity contribution is -0.141. The first-order chi connectivity index (χ1) is 12.5. The maximum absolute atomic E-state index is 12.2. The zero-order chi connectivity index (χ0) is 21.1. The fourth-order valence-electron chi connectivity index (χ4n) is 1.86. The van der Waals surface area contributed by atoms with Crippen LogP contribution in [0.2, 0.25) is 0 Å². The van der Waals surface area contributed by atoms with Crippen LogP contribution in [0.25, 0.3) is 0 Å². The molecule has 0 spiro atoms. The molecule has 0 aromatic heterocycles. The van der Waals surface area contributed by atoms with Crippen molar-refractivity contribution in [3.8, 4) is 0 Å². The predicted octanol–water partition coefficient (Wildman–Crippen LogP) is -2.32. The summed E-state index contributed by atoms with van der Waals surface area (Å²) in [6.45, 7) is 3.17. The number of carbonyl (C=O) groups is 5. The lowest BCUT2D eigenvalue weighted by Crippen LogP contribution is -2.52. The number of carbonyl (C=O) groups excluding carboxylic acids is 3. The van der Waals surface area contributed by atoms with E-state index in [2.05, 4.69) is 5.32 Å². The minimum Gasteiger partial charge on any atom is -0.480 e. The van der Waals surface area contributed by atoms with Crippen molar-refractivity contribution in [1.82, 2.24) is 15.5 Å². The SMILES string of the molecule is CCN(CC)C(=O)[S@@](=O)C[C@@H](NC(=O)C[C@H](N)C(=O)O)C(=O)NCC(=O)O. The monoisotopic (exact) mass is 408 g/mol. The summed E-state index contributed by atoms with van der Waals surface area (Å²) in [5.41, 5.74) is 5.23. The van der Waals surface area contributed by atoms with Crippen molar-refractivity contribution < 1.29 is 38.4 Å². The molecule has 0 heterocycles. The van der Waals surface area contributed by atoms with Gasteiger partial charge in [-0.3, -0.25) is 24.0 Å². The zero-order valence-corrected chi connectivity index (χ0v) is 15.8. The molecule has 154 valence electrons. The minimum absolute atomic E-state index is 0.288. The van der Waals surface area contributed by atoms with Crippen molar-refractivity contribution >= 4 is 39.8 Å². The quantitative estimate of drug-likeness (QED) is 0.249. The molecule has 0 bridgehead atoms. The van der Waals surface area contributed by atoms with Gasteiger partial charge in [-0.25, -0.2) is 4.21 Å². The molecule has 3 amide bonds. The predicted molar refractivity (Wildman–Crippen MR) is 94.1 cm³/mol. The van der Waals surface area contributed by atoms with E-state index in [0.717, 1.165) is 0 Å². The summed E-state index contributed by atoms with van der Waals surface area (Å²) in [6.07, 6.45) is -0.658. The summed E-state index contributed by atoms with van der Waals surface area (Å²) in [6, 6.07) is -3.02. The van der Waals surface area contributed by atoms with Crippen molar-refractivity contribution in [3.63, 3.8) is 0 Å². The molecule has 13 heteroatoms. The van der Waals surface area contributed by atoms with Gasteiger partial charge in [0, 0.05) is 13.1 Å². The molecular formula is C14H24N4O8S. The third kappa shape index (κ3) is 9.10. The lowest BCUT2D eigenvalue weighted by Gasteiger charge is -2.21. The number of aliphatic carboxylic acids is 2. The Kier molecular flexibility index (Phi) is 10.8. The number of nitrogens with two attached hydrogens (primary N) is 1. The van der Waals surface area contributed by atoms with Crippen LogP contribution in [0.15, 0.2) is 0 Å². The highest BCUT2D eigenvalue weighted by Gasteiger charge is 2.29. The van der Waals surface area contributed by atoms with Crippen LogP contribution >= 0.6 is 0 Å². The fourth-order valence-corrected chi connectivity index (χ4v) is 3.08. The second-order valence-electron chi connectivity index (χ2n) is 5.33. The second kappa shape index (κ2) is 12.0. The summed E-state index contributed by atoms with van der Waals surface area (Å²) in [5.74, 6) is -5.28. The number of nitrogens with zero attached hydrogens (tertiary/aromatic N) is 1. The van der Waals surface area contributed by atoms with Crippen LogP contribution in [-0.4, -0.2) is 85.8 Å². The molecule has 0 aromatic carbocycles. The van der Waals surface area contributed by atoms with Crippen LogP contribution in [-0.2, 0) is 30.0 Å². The number of rotatable bonds is 11. The summed E-state index contributed by atoms with van der Waals surface area (Å²) in [4.78, 5) is 58.5. The standard InChI is InChI=1S/C14H24N4O8S/c1-3-18(4-2)14(25)27(26)7-9(12(22)16-6-11(20)21)17-10(19)5-8(15)13(23)24/h8-9H,3-7,15H2,1-2H3,(H,16,22)(H,17,19)(H,20,21)(H,23,24)/t8-,9+,27-/m0/s1. The molecule has 0 radical (unpaired) electrons. The molecule has 12 nitrogen and oxygen atoms in total. The molecule has 0 saturated heterocycles. The zero-order valence-electron chi connectivity index (χ0n) is 15.0. The van der Waals surface area contributed by atoms with E-state index in [0.29, 0.717) is 0 Å². The van der Waals surface area contributed by atoms with Crippen LogP contribution in [0.3, 0.4) is 0 Å². The van der Waals surface area contributed by atoms with Gasteiger partial charge < -0.3 is 31.5 Å². The van der Waals surface area contributed by atoms with E-state index in [1.165, 1.54) is 4.90 Å². The van der Waals surface area contributed by atoms with Gasteiger partial charge in [0.2, 0.25) is 11.8 Å². The Bertz CT molecular complexity index is 608. The van der Waals surface area contributed by atoms with Crippen molar-refractivity contribution in [2.24, 2.45) is 5.73 Å². The van der Waals surface area contributed by atoms with Crippen LogP contribution in [0.4, 0.5) is 4.79 Å². The van der Waals surface area contributed by atoms with Crippen LogP contribution in [0, 0.1) is 0 Å². The normalized spacial score (nSPS) is 13.7. The van der Waals surface area contributed by atoms with Crippen molar-refractivity contribution in [1.29, 1.82) is 0 Å². The molecule has 0 fully saturated rings. The topological polar surface area (TPSA) is 196 Å². The molecule has 0 aromatic rings. The molecule has 0 unspecified atom stereocenters. The highest BCUT2D eigenvalue weighted by atomic mass is 32.2. The minimum atomic E-state index is -2.18. The summed E-state index contributed by atoms with van der Waals surface area (Å²) < 4.78 is 12.2. The van der Waals surface area contributed by atoms with E-state index in [1.54, 1.807) is 13.8 Å². The number of amides is 3. The van der Waals surface area contributed by atoms with E-state index >= 15 is 0 Å². The third-order valence-corrected chi connectivity index (χ3v) is 4.61. The van der Waals surface area contributed by atoms with E-state index in [-0.39, 0.29) is 13.1 Å². The largest absolute Gasteiger partial charge is 0.480 e. The summed E-state index contributed by atoms with van der Waals surface area (Å²) >= 11 is 0. The van der Waals surface area contributed by atoms with Crippen LogP contribution < -0.4 is 16.4 Å². The van der Waals surface area contributed by atoms with Crippen molar-refractivity contribution in [2.45, 2.75) is 32.4 Å². The molecule has 0 saturated carbocycles. The first-order valence-corrected chi connectivity index (χ1v) is 9.29. The number of hydrogen-bond donors (Lipinski definition) is 5.